The van der Waals surface area contributed by atoms with Crippen molar-refractivity contribution in [2.45, 2.75) is 0 Å². The highest BCUT2D eigenvalue weighted by molar-refractivity contribution is 6.33. The van der Waals surface area contributed by atoms with Crippen molar-refractivity contribution < 1.29 is 0 Å². The number of rotatable bonds is 7. The first kappa shape index (κ1) is 19.1. The monoisotopic (exact) mass is 408 g/mol. The zero-order valence-electron chi connectivity index (χ0n) is 16.1. The quantitative estimate of drug-likeness (QED) is 0.428. The zero-order chi connectivity index (χ0) is 20.2. The lowest BCUT2D eigenvalue weighted by atomic mass is 10.1. The number of nitrogens with zero attached hydrogens (tertiary/aromatic N) is 5. The second-order valence-corrected chi connectivity index (χ2v) is 7.19. The van der Waals surface area contributed by atoms with Crippen molar-refractivity contribution in [2.24, 2.45) is 0 Å². The van der Waals surface area contributed by atoms with E-state index in [1.54, 1.807) is 0 Å². The summed E-state index contributed by atoms with van der Waals surface area (Å²) >= 11 is 6.43. The minimum Gasteiger partial charge on any atom is -0.365 e. The van der Waals surface area contributed by atoms with Gasteiger partial charge in [0.1, 0.15) is 5.69 Å². The van der Waals surface area contributed by atoms with E-state index in [2.05, 4.69) is 40.9 Å². The molecule has 0 saturated heterocycles. The Morgan fingerprint density at radius 3 is 2.62 bits per heavy atom. The van der Waals surface area contributed by atoms with E-state index >= 15 is 0 Å². The van der Waals surface area contributed by atoms with Gasteiger partial charge in [-0.1, -0.05) is 41.9 Å². The van der Waals surface area contributed by atoms with E-state index < -0.39 is 0 Å². The highest BCUT2D eigenvalue weighted by Crippen LogP contribution is 2.31. The van der Waals surface area contributed by atoms with Gasteiger partial charge < -0.3 is 15.5 Å². The topological polar surface area (TPSA) is 94.6 Å². The average molecular weight is 409 g/mol. The predicted molar refractivity (Wildman–Crippen MR) is 117 cm³/mol. The molecular weight excluding hydrogens is 388 g/mol. The van der Waals surface area contributed by atoms with Crippen LogP contribution in [-0.2, 0) is 0 Å². The summed E-state index contributed by atoms with van der Waals surface area (Å²) in [7, 11) is 4.03. The molecule has 148 valence electrons. The molecule has 3 N–H and O–H groups in total. The van der Waals surface area contributed by atoms with E-state index in [0.29, 0.717) is 34.8 Å². The van der Waals surface area contributed by atoms with Gasteiger partial charge in [-0.2, -0.15) is 5.10 Å². The minimum absolute atomic E-state index is 0.343. The van der Waals surface area contributed by atoms with E-state index in [4.69, 9.17) is 11.6 Å². The van der Waals surface area contributed by atoms with Crippen molar-refractivity contribution in [3.63, 3.8) is 0 Å². The van der Waals surface area contributed by atoms with Crippen LogP contribution in [0, 0.1) is 0 Å². The lowest BCUT2D eigenvalue weighted by molar-refractivity contribution is 0.425. The van der Waals surface area contributed by atoms with Gasteiger partial charge in [-0.25, -0.2) is 4.98 Å². The maximum atomic E-state index is 6.43. The molecule has 0 spiro atoms. The van der Waals surface area contributed by atoms with Crippen LogP contribution in [0.5, 0.6) is 0 Å². The van der Waals surface area contributed by atoms with Crippen molar-refractivity contribution in [3.05, 3.63) is 53.6 Å². The number of anilines is 3. The third-order valence-electron chi connectivity index (χ3n) is 4.37. The summed E-state index contributed by atoms with van der Waals surface area (Å²) in [6.45, 7) is 1.56. The summed E-state index contributed by atoms with van der Waals surface area (Å²) in [4.78, 5) is 6.77. The van der Waals surface area contributed by atoms with Crippen LogP contribution in [0.3, 0.4) is 0 Å². The van der Waals surface area contributed by atoms with Gasteiger partial charge in [0.2, 0.25) is 5.95 Å². The lowest BCUT2D eigenvalue weighted by Gasteiger charge is -2.14. The Morgan fingerprint density at radius 2 is 1.79 bits per heavy atom. The van der Waals surface area contributed by atoms with Crippen molar-refractivity contribution in [1.82, 2.24) is 30.3 Å². The Balaban J connectivity index is 1.69. The standard InChI is InChI=1S/C20H21ClN8/c1-29(2)12-11-22-19-17(13-7-3-5-9-15(13)21)23-20(28-27-19)24-18-14-8-4-6-10-16(14)25-26-18/h3-10H,11-12H2,1-2H3,(H,22,27)(H2,23,24,25,26,28). The SMILES string of the molecule is CN(C)CCNc1nnc(Nc2n[nH]c3ccccc23)nc1-c1ccccc1Cl. The molecule has 0 bridgehead atoms. The largest absolute Gasteiger partial charge is 0.365 e. The molecule has 4 rings (SSSR count). The van der Waals surface area contributed by atoms with Gasteiger partial charge in [0.25, 0.3) is 0 Å². The fourth-order valence-corrected chi connectivity index (χ4v) is 3.13. The number of hydrogen-bond donors (Lipinski definition) is 3. The molecule has 0 fully saturated rings. The predicted octanol–water partition coefficient (Wildman–Crippen LogP) is 3.79. The van der Waals surface area contributed by atoms with Crippen LogP contribution < -0.4 is 10.6 Å². The maximum absolute atomic E-state index is 6.43. The third kappa shape index (κ3) is 4.28. The van der Waals surface area contributed by atoms with Crippen molar-refractivity contribution in [3.8, 4) is 11.3 Å². The summed E-state index contributed by atoms with van der Waals surface area (Å²) < 4.78 is 0. The molecule has 8 nitrogen and oxygen atoms in total. The second-order valence-electron chi connectivity index (χ2n) is 6.79. The first-order valence-electron chi connectivity index (χ1n) is 9.20. The number of halogens is 1. The molecule has 2 aromatic heterocycles. The Hall–Kier alpha value is -3.23. The van der Waals surface area contributed by atoms with Crippen LogP contribution in [0.4, 0.5) is 17.6 Å². The summed E-state index contributed by atoms with van der Waals surface area (Å²) in [5, 5.41) is 23.9. The van der Waals surface area contributed by atoms with E-state index in [1.165, 1.54) is 0 Å². The molecule has 0 aliphatic carbocycles. The van der Waals surface area contributed by atoms with Gasteiger partial charge in [-0.05, 0) is 32.3 Å². The maximum Gasteiger partial charge on any atom is 0.249 e. The molecule has 4 aromatic rings. The molecule has 0 aliphatic rings. The molecule has 0 aliphatic heterocycles. The smallest absolute Gasteiger partial charge is 0.249 e. The Morgan fingerprint density at radius 1 is 1.00 bits per heavy atom. The number of benzene rings is 2. The van der Waals surface area contributed by atoms with Gasteiger partial charge >= 0.3 is 0 Å². The molecular formula is C20H21ClN8. The Kier molecular flexibility index (Phi) is 5.55. The van der Waals surface area contributed by atoms with Crippen LogP contribution >= 0.6 is 11.6 Å². The first-order valence-corrected chi connectivity index (χ1v) is 9.58. The normalized spacial score (nSPS) is 11.2. The Bertz CT molecular complexity index is 1120. The molecule has 0 atom stereocenters. The number of hydrogen-bond acceptors (Lipinski definition) is 7. The molecule has 0 radical (unpaired) electrons. The van der Waals surface area contributed by atoms with Gasteiger partial charge in [0.15, 0.2) is 11.6 Å². The number of likely N-dealkylation sites (N-methyl/N-ethyl adjacent to an activating group) is 1. The second kappa shape index (κ2) is 8.42. The van der Waals surface area contributed by atoms with Gasteiger partial charge in [0.05, 0.1) is 10.5 Å². The van der Waals surface area contributed by atoms with Crippen LogP contribution in [0.15, 0.2) is 48.5 Å². The molecule has 2 heterocycles. The molecule has 2 aromatic carbocycles. The average Bonchev–Trinajstić information content (AvgIpc) is 3.12. The van der Waals surface area contributed by atoms with E-state index in [0.717, 1.165) is 23.0 Å². The zero-order valence-corrected chi connectivity index (χ0v) is 16.9. The van der Waals surface area contributed by atoms with Gasteiger partial charge in [-0.3, -0.25) is 5.10 Å². The highest BCUT2D eigenvalue weighted by Gasteiger charge is 2.15. The molecule has 0 amide bonds. The fourth-order valence-electron chi connectivity index (χ4n) is 2.90. The van der Waals surface area contributed by atoms with Crippen LogP contribution in [-0.4, -0.2) is 57.5 Å². The highest BCUT2D eigenvalue weighted by atomic mass is 35.5. The van der Waals surface area contributed by atoms with Gasteiger partial charge in [0, 0.05) is 24.0 Å². The van der Waals surface area contributed by atoms with E-state index in [9.17, 15) is 0 Å². The summed E-state index contributed by atoms with van der Waals surface area (Å²) in [5.74, 6) is 1.56. The lowest BCUT2D eigenvalue weighted by Crippen LogP contribution is -2.21. The minimum atomic E-state index is 0.343. The number of H-pyrrole nitrogens is 1. The molecule has 9 heteroatoms. The van der Waals surface area contributed by atoms with Crippen molar-refractivity contribution in [1.29, 1.82) is 0 Å². The van der Waals surface area contributed by atoms with Crippen molar-refractivity contribution >= 4 is 40.1 Å². The fraction of sp³-hybridized carbons (Fsp3) is 0.200. The number of aromatic amines is 1. The van der Waals surface area contributed by atoms with Crippen LogP contribution in [0.25, 0.3) is 22.2 Å². The molecule has 0 unspecified atom stereocenters. The number of aromatic nitrogens is 5. The number of fused-ring (bicyclic) bond motifs is 1. The van der Waals surface area contributed by atoms with Crippen molar-refractivity contribution in [2.75, 3.05) is 37.8 Å². The van der Waals surface area contributed by atoms with Crippen LogP contribution in [0.1, 0.15) is 0 Å². The third-order valence-corrected chi connectivity index (χ3v) is 4.70. The molecule has 0 saturated carbocycles. The summed E-state index contributed by atoms with van der Waals surface area (Å²) in [5.41, 5.74) is 2.34. The first-order chi connectivity index (χ1) is 14.1. The Labute approximate surface area is 173 Å². The summed E-state index contributed by atoms with van der Waals surface area (Å²) in [6, 6.07) is 15.4. The molecule has 29 heavy (non-hydrogen) atoms. The van der Waals surface area contributed by atoms with E-state index in [-0.39, 0.29) is 0 Å². The van der Waals surface area contributed by atoms with Crippen LogP contribution in [0.2, 0.25) is 5.02 Å². The number of nitrogens with one attached hydrogen (secondary N) is 3. The van der Waals surface area contributed by atoms with E-state index in [1.807, 2.05) is 62.6 Å². The van der Waals surface area contributed by atoms with Gasteiger partial charge in [-0.15, -0.1) is 10.2 Å². The number of para-hydroxylation sites is 1. The summed E-state index contributed by atoms with van der Waals surface area (Å²) in [6.07, 6.45) is 0.